The van der Waals surface area contributed by atoms with E-state index in [9.17, 15) is 23.3 Å². The first-order valence-electron chi connectivity index (χ1n) is 4.97. The van der Waals surface area contributed by atoms with Gasteiger partial charge in [0.1, 0.15) is 0 Å². The number of nitrogens with two attached hydrogens (primary N) is 1. The highest BCUT2D eigenvalue weighted by Crippen LogP contribution is 2.22. The Kier molecular flexibility index (Phi) is 4.12. The van der Waals surface area contributed by atoms with E-state index >= 15 is 0 Å². The van der Waals surface area contributed by atoms with Gasteiger partial charge in [0.05, 0.1) is 11.5 Å². The molecule has 0 saturated heterocycles. The van der Waals surface area contributed by atoms with Gasteiger partial charge < -0.3 is 5.73 Å². The van der Waals surface area contributed by atoms with Crippen LogP contribution in [0.5, 0.6) is 0 Å². The van der Waals surface area contributed by atoms with Gasteiger partial charge in [-0.1, -0.05) is 0 Å². The lowest BCUT2D eigenvalue weighted by Gasteiger charge is -2.19. The smallest absolute Gasteiger partial charge is 0.398 e. The van der Waals surface area contributed by atoms with Crippen LogP contribution in [0.1, 0.15) is 5.56 Å². The first-order chi connectivity index (χ1) is 8.19. The summed E-state index contributed by atoms with van der Waals surface area (Å²) in [7, 11) is 1.27. The molecule has 0 aliphatic heterocycles. The van der Waals surface area contributed by atoms with Crippen molar-refractivity contribution in [3.63, 3.8) is 0 Å². The van der Waals surface area contributed by atoms with Crippen LogP contribution in [0, 0.1) is 10.1 Å². The molecule has 0 radical (unpaired) electrons. The summed E-state index contributed by atoms with van der Waals surface area (Å²) in [6, 6.07) is 3.71. The summed E-state index contributed by atoms with van der Waals surface area (Å²) in [5.74, 6) is 0. The third-order valence-corrected chi connectivity index (χ3v) is 2.23. The molecule has 0 saturated carbocycles. The van der Waals surface area contributed by atoms with E-state index in [1.165, 1.54) is 25.2 Å². The lowest BCUT2D eigenvalue weighted by Crippen LogP contribution is -2.30. The van der Waals surface area contributed by atoms with Crippen LogP contribution in [0.25, 0.3) is 0 Å². The number of hydrogen-bond donors (Lipinski definition) is 1. The number of nitrogen functional groups attached to an aromatic ring is 1. The number of non-ortho nitro benzene ring substituents is 1. The second-order valence-corrected chi connectivity index (χ2v) is 3.93. The number of alkyl halides is 3. The van der Waals surface area contributed by atoms with Gasteiger partial charge in [0.15, 0.2) is 0 Å². The zero-order chi connectivity index (χ0) is 13.9. The number of hydrogen-bond acceptors (Lipinski definition) is 4. The molecule has 2 N–H and O–H groups in total. The zero-order valence-electron chi connectivity index (χ0n) is 9.57. The van der Waals surface area contributed by atoms with E-state index in [-0.39, 0.29) is 17.9 Å². The molecule has 1 aromatic carbocycles. The predicted octanol–water partition coefficient (Wildman–Crippen LogP) is 2.17. The van der Waals surface area contributed by atoms with E-state index < -0.39 is 17.6 Å². The molecular formula is C10H12F3N3O2. The Hall–Kier alpha value is -1.83. The fourth-order valence-corrected chi connectivity index (χ4v) is 1.50. The fraction of sp³-hybridized carbons (Fsp3) is 0.400. The van der Waals surface area contributed by atoms with Crippen molar-refractivity contribution < 1.29 is 18.1 Å². The standard InChI is InChI=1S/C10H12F3N3O2/c1-15(6-10(11,12)13)5-7-4-8(16(17)18)2-3-9(7)14/h2-4H,5-6,14H2,1H3. The molecule has 100 valence electrons. The Morgan fingerprint density at radius 3 is 2.56 bits per heavy atom. The van der Waals surface area contributed by atoms with Gasteiger partial charge in [-0.15, -0.1) is 0 Å². The van der Waals surface area contributed by atoms with Crippen molar-refractivity contribution in [1.29, 1.82) is 0 Å². The summed E-state index contributed by atoms with van der Waals surface area (Å²) in [5, 5.41) is 10.6. The molecule has 0 aliphatic rings. The Morgan fingerprint density at radius 2 is 2.06 bits per heavy atom. The second-order valence-electron chi connectivity index (χ2n) is 3.93. The number of benzene rings is 1. The first-order valence-corrected chi connectivity index (χ1v) is 4.97. The molecule has 5 nitrogen and oxygen atoms in total. The number of halogens is 3. The van der Waals surface area contributed by atoms with E-state index in [0.717, 1.165) is 4.90 Å². The molecule has 0 fully saturated rings. The molecule has 1 aromatic rings. The Bertz CT molecular complexity index is 448. The van der Waals surface area contributed by atoms with E-state index in [4.69, 9.17) is 5.73 Å². The molecule has 1 rings (SSSR count). The van der Waals surface area contributed by atoms with Crippen molar-refractivity contribution in [2.45, 2.75) is 12.7 Å². The third kappa shape index (κ3) is 4.21. The molecule has 0 unspecified atom stereocenters. The number of nitro benzene ring substituents is 1. The summed E-state index contributed by atoms with van der Waals surface area (Å²) in [4.78, 5) is 10.9. The van der Waals surface area contributed by atoms with Gasteiger partial charge in [-0.05, 0) is 18.7 Å². The van der Waals surface area contributed by atoms with E-state index in [2.05, 4.69) is 0 Å². The second kappa shape index (κ2) is 5.21. The van der Waals surface area contributed by atoms with E-state index in [0.29, 0.717) is 5.56 Å². The van der Waals surface area contributed by atoms with Crippen LogP contribution in [-0.4, -0.2) is 29.6 Å². The van der Waals surface area contributed by atoms with Crippen molar-refractivity contribution in [3.8, 4) is 0 Å². The van der Waals surface area contributed by atoms with Crippen LogP contribution in [0.3, 0.4) is 0 Å². The van der Waals surface area contributed by atoms with Gasteiger partial charge in [0.2, 0.25) is 0 Å². The average molecular weight is 263 g/mol. The molecule has 0 aliphatic carbocycles. The first kappa shape index (κ1) is 14.2. The zero-order valence-corrected chi connectivity index (χ0v) is 9.57. The fourth-order valence-electron chi connectivity index (χ4n) is 1.50. The monoisotopic (exact) mass is 263 g/mol. The molecule has 0 bridgehead atoms. The molecule has 0 atom stereocenters. The van der Waals surface area contributed by atoms with Crippen LogP contribution in [-0.2, 0) is 6.54 Å². The van der Waals surface area contributed by atoms with Gasteiger partial charge in [-0.2, -0.15) is 13.2 Å². The SMILES string of the molecule is CN(Cc1cc([N+](=O)[O-])ccc1N)CC(F)(F)F. The molecule has 0 heterocycles. The van der Waals surface area contributed by atoms with Crippen molar-refractivity contribution in [1.82, 2.24) is 4.90 Å². The summed E-state index contributed by atoms with van der Waals surface area (Å²) >= 11 is 0. The highest BCUT2D eigenvalue weighted by molar-refractivity contribution is 5.52. The topological polar surface area (TPSA) is 72.4 Å². The lowest BCUT2D eigenvalue weighted by atomic mass is 10.1. The molecule has 0 amide bonds. The molecule has 8 heteroatoms. The van der Waals surface area contributed by atoms with Gasteiger partial charge >= 0.3 is 6.18 Å². The van der Waals surface area contributed by atoms with Crippen molar-refractivity contribution >= 4 is 11.4 Å². The molecule has 0 aromatic heterocycles. The highest BCUT2D eigenvalue weighted by Gasteiger charge is 2.29. The average Bonchev–Trinajstić information content (AvgIpc) is 2.18. The van der Waals surface area contributed by atoms with Gasteiger partial charge in [0, 0.05) is 24.4 Å². The summed E-state index contributed by atoms with van der Waals surface area (Å²) < 4.78 is 36.4. The maximum absolute atomic E-state index is 12.1. The highest BCUT2D eigenvalue weighted by atomic mass is 19.4. The van der Waals surface area contributed by atoms with Crippen LogP contribution >= 0.6 is 0 Å². The maximum atomic E-state index is 12.1. The minimum Gasteiger partial charge on any atom is -0.398 e. The number of nitrogens with zero attached hydrogens (tertiary/aromatic N) is 2. The lowest BCUT2D eigenvalue weighted by molar-refractivity contribution is -0.384. The van der Waals surface area contributed by atoms with Gasteiger partial charge in [-0.3, -0.25) is 15.0 Å². The minimum atomic E-state index is -4.32. The summed E-state index contributed by atoms with van der Waals surface area (Å²) in [5.41, 5.74) is 5.91. The maximum Gasteiger partial charge on any atom is 0.401 e. The minimum absolute atomic E-state index is 0.104. The Labute approximate surface area is 101 Å². The van der Waals surface area contributed by atoms with Crippen LogP contribution in [0.15, 0.2) is 18.2 Å². The summed E-state index contributed by atoms with van der Waals surface area (Å²) in [6.45, 7) is -1.21. The Morgan fingerprint density at radius 1 is 1.44 bits per heavy atom. The van der Waals surface area contributed by atoms with Crippen molar-refractivity contribution in [2.24, 2.45) is 0 Å². The van der Waals surface area contributed by atoms with E-state index in [1.54, 1.807) is 0 Å². The van der Waals surface area contributed by atoms with Crippen molar-refractivity contribution in [3.05, 3.63) is 33.9 Å². The van der Waals surface area contributed by atoms with E-state index in [1.807, 2.05) is 0 Å². The quantitative estimate of drug-likeness (QED) is 0.513. The number of anilines is 1. The van der Waals surface area contributed by atoms with Gasteiger partial charge in [-0.25, -0.2) is 0 Å². The molecular weight excluding hydrogens is 251 g/mol. The van der Waals surface area contributed by atoms with Crippen LogP contribution < -0.4 is 5.73 Å². The molecule has 0 spiro atoms. The summed E-state index contributed by atoms with van der Waals surface area (Å²) in [6.07, 6.45) is -4.32. The largest absolute Gasteiger partial charge is 0.401 e. The number of rotatable bonds is 4. The number of nitro groups is 1. The van der Waals surface area contributed by atoms with Crippen molar-refractivity contribution in [2.75, 3.05) is 19.3 Å². The third-order valence-electron chi connectivity index (χ3n) is 2.23. The van der Waals surface area contributed by atoms with Gasteiger partial charge in [0.25, 0.3) is 5.69 Å². The van der Waals surface area contributed by atoms with Crippen LogP contribution in [0.2, 0.25) is 0 Å². The normalized spacial score (nSPS) is 11.8. The molecule has 18 heavy (non-hydrogen) atoms. The Balaban J connectivity index is 2.83. The predicted molar refractivity (Wildman–Crippen MR) is 59.9 cm³/mol. The van der Waals surface area contributed by atoms with Crippen LogP contribution in [0.4, 0.5) is 24.5 Å².